The van der Waals surface area contributed by atoms with Gasteiger partial charge in [-0.05, 0) is 76.3 Å². The maximum absolute atomic E-state index is 13.0. The lowest BCUT2D eigenvalue weighted by molar-refractivity contribution is -0.215. The van der Waals surface area contributed by atoms with Crippen LogP contribution >= 0.6 is 0 Å². The van der Waals surface area contributed by atoms with Gasteiger partial charge in [-0.2, -0.15) is 32.2 Å². The molecule has 0 aliphatic heterocycles. The Morgan fingerprint density at radius 1 is 0.444 bits per heavy atom. The van der Waals surface area contributed by atoms with Gasteiger partial charge >= 0.3 is 35.6 Å². The van der Waals surface area contributed by atoms with Crippen LogP contribution in [0.15, 0.2) is 68.2 Å². The molecule has 12 aromatic rings. The molecule has 0 atom stereocenters. The molecule has 0 aliphatic carbocycles. The third-order valence-corrected chi connectivity index (χ3v) is 11.5. The second-order valence-corrected chi connectivity index (χ2v) is 19.0. The van der Waals surface area contributed by atoms with Crippen LogP contribution in [0.5, 0.6) is 23.5 Å². The van der Waals surface area contributed by atoms with Gasteiger partial charge in [0.1, 0.15) is 49.2 Å². The lowest BCUT2D eigenvalue weighted by Gasteiger charge is -2.21. The first-order chi connectivity index (χ1) is 44.5. The van der Waals surface area contributed by atoms with Crippen LogP contribution in [0, 0.1) is 0 Å². The van der Waals surface area contributed by atoms with Crippen LogP contribution < -0.4 is 41.7 Å². The normalized spacial score (nSPS) is 12.2. The number of halogens is 5. The molecule has 0 bridgehead atoms. The Balaban J connectivity index is 0.000000148. The van der Waals surface area contributed by atoms with E-state index in [4.69, 9.17) is 24.6 Å². The van der Waals surface area contributed by atoms with Crippen LogP contribution in [0.3, 0.4) is 0 Å². The van der Waals surface area contributed by atoms with Crippen molar-refractivity contribution in [2.24, 2.45) is 28.2 Å². The highest BCUT2D eigenvalue weighted by Gasteiger charge is 2.38. The van der Waals surface area contributed by atoms with E-state index in [9.17, 15) is 41.1 Å². The summed E-state index contributed by atoms with van der Waals surface area (Å²) in [6, 6.07) is 5.79. The van der Waals surface area contributed by atoms with Gasteiger partial charge in [0.05, 0.1) is 5.54 Å². The lowest BCUT2D eigenvalue weighted by Crippen LogP contribution is -2.28. The van der Waals surface area contributed by atoms with Gasteiger partial charge in [-0.25, -0.2) is 28.5 Å². The predicted molar refractivity (Wildman–Crippen MR) is 280 cm³/mol. The second kappa shape index (κ2) is 26.1. The molecule has 12 aromatic heterocycles. The molecule has 12 rings (SSSR count). The third kappa shape index (κ3) is 13.7. The molecule has 90 heavy (non-hydrogen) atoms. The van der Waals surface area contributed by atoms with E-state index in [2.05, 4.69) is 103 Å². The van der Waals surface area contributed by atoms with Gasteiger partial charge in [0, 0.05) is 83.3 Å². The van der Waals surface area contributed by atoms with E-state index in [0.717, 1.165) is 48.0 Å². The molecule has 0 aliphatic rings. The van der Waals surface area contributed by atoms with Crippen molar-refractivity contribution in [3.8, 4) is 46.8 Å². The highest BCUT2D eigenvalue weighted by molar-refractivity contribution is 5.29. The number of tetrazole rings is 4. The Labute approximate surface area is 500 Å². The number of rotatable bonds is 18. The van der Waals surface area contributed by atoms with Crippen LogP contribution in [-0.4, -0.2) is 180 Å². The number of aromatic amines is 4. The van der Waals surface area contributed by atoms with Crippen molar-refractivity contribution in [1.29, 1.82) is 0 Å². The smallest absolute Gasteiger partial charge is 0.470 e. The van der Waals surface area contributed by atoms with E-state index in [1.54, 1.807) is 21.5 Å². The molecule has 0 radical (unpaired) electrons. The number of alkyl halides is 5. The SMILES string of the molecule is [3H]n1ccc(OCc2c(-n3nnn(C)c3=O)nnn2C(C)(C)C)n1.[3H]n1ccc(OCc2c(-n3nnn(C)c3=O)nnn2C(C)C)n1.[3H]n1ccc(OCc2c(-n3nnn(C)c3=O)nnn2C(F)(F)F)n1.[3H]n1ccc(OCc2c(-n3nnn(C)c3=O)nnn2C(F)F)n1. The second-order valence-electron chi connectivity index (χ2n) is 19.0. The summed E-state index contributed by atoms with van der Waals surface area (Å²) in [5.74, 6) is 0.315. The topological polar surface area (TPSA) is 485 Å². The summed E-state index contributed by atoms with van der Waals surface area (Å²) in [5.41, 5.74) is -2.41. The fourth-order valence-electron chi connectivity index (χ4n) is 7.23. The molecule has 12 heterocycles. The summed E-state index contributed by atoms with van der Waals surface area (Å²) in [6.45, 7) is 5.78. The van der Waals surface area contributed by atoms with Crippen LogP contribution in [-0.2, 0) is 66.5 Å². The number of H-pyrrole nitrogens is 4. The number of ether oxygens (including phenoxy) is 4. The summed E-state index contributed by atoms with van der Waals surface area (Å²) in [4.78, 5) is 47.8. The zero-order valence-corrected chi connectivity index (χ0v) is 47.9. The molecule has 4 N–H and O–H groups in total. The minimum Gasteiger partial charge on any atom is -0.470 e. The number of hydrogen-bond donors (Lipinski definition) is 4. The van der Waals surface area contributed by atoms with Crippen LogP contribution in [0.1, 0.15) is 70.0 Å². The summed E-state index contributed by atoms with van der Waals surface area (Å²) in [5, 5.41) is 76.2. The molecule has 0 aromatic carbocycles. The van der Waals surface area contributed by atoms with E-state index in [0.29, 0.717) is 25.8 Å². The molecule has 49 heteroatoms. The van der Waals surface area contributed by atoms with E-state index >= 15 is 0 Å². The molecule has 0 amide bonds. The maximum atomic E-state index is 13.0. The highest BCUT2D eigenvalue weighted by atomic mass is 19.4. The zero-order chi connectivity index (χ0) is 68.1. The fourth-order valence-corrected chi connectivity index (χ4v) is 7.23. The van der Waals surface area contributed by atoms with Crippen molar-refractivity contribution in [2.75, 3.05) is 0 Å². The number of aromatic nitrogens is 36. The van der Waals surface area contributed by atoms with Crippen LogP contribution in [0.25, 0.3) is 23.3 Å². The third-order valence-electron chi connectivity index (χ3n) is 11.5. The molecule has 0 saturated carbocycles. The van der Waals surface area contributed by atoms with E-state index < -0.39 is 60.3 Å². The predicted octanol–water partition coefficient (Wildman–Crippen LogP) is -2.35. The van der Waals surface area contributed by atoms with Crippen molar-refractivity contribution in [3.63, 3.8) is 0 Å². The number of nitrogens with zero attached hydrogens (tertiary/aromatic N) is 32. The standard InChI is InChI=1S/C12H17N9O2.C11H15N9O2.C9H8F3N9O2.C9H9F2N9O2/c1-12(2,3)21-8(7-23-9-5-6-13-14-9)10(15-16-21)20-11(22)19(4)17-18-20;1-7(2)19-8(6-22-9-4-5-12-13-9)10(14-15-19)20-11(21)18(3)16-17-20;1-19-8(22)20(18-17-19)7-5(4-23-6-2-3-13-14-6)21(16-15-7)9(10,11)12;1-18-9(21)20(17-16-18)7-5(19(8(10)11)15-14-7)4-22-6-2-3-12-13-6/h5-6H,7H2,1-4H3,(H,13,14);4-5,7H,6H2,1-3H3,(H,12,13);2-3H,4H2,1H3,(H,13,14);2-3,8H,4H2,1H3,(H,12,13)/i/hT4. The van der Waals surface area contributed by atoms with Crippen molar-refractivity contribution < 1.29 is 46.5 Å². The Morgan fingerprint density at radius 3 is 1.01 bits per heavy atom. The van der Waals surface area contributed by atoms with E-state index in [1.807, 2.05) is 34.6 Å². The van der Waals surface area contributed by atoms with Crippen LogP contribution in [0.4, 0.5) is 22.0 Å². The molecule has 476 valence electrons. The number of hydrogen-bond acceptors (Lipinski definition) is 28. The van der Waals surface area contributed by atoms with Crippen molar-refractivity contribution in [1.82, 2.24) is 180 Å². The largest absolute Gasteiger partial charge is 0.506 e. The maximum Gasteiger partial charge on any atom is 0.506 e. The minimum atomic E-state index is -4.88. The van der Waals surface area contributed by atoms with Crippen molar-refractivity contribution >= 4 is 0 Å². The van der Waals surface area contributed by atoms with E-state index in [-0.39, 0.29) is 76.1 Å². The molecule has 0 saturated heterocycles. The quantitative estimate of drug-likeness (QED) is 0.0653. The average molecular weight is 1280 g/mol. The lowest BCUT2D eigenvalue weighted by atomic mass is 10.1. The highest BCUT2D eigenvalue weighted by Crippen LogP contribution is 2.26. The first kappa shape index (κ1) is 56.8. The average Bonchev–Trinajstić information content (AvgIpc) is 1.66. The summed E-state index contributed by atoms with van der Waals surface area (Å²) >= 11 is 0. The van der Waals surface area contributed by atoms with Gasteiger partial charge in [-0.15, -0.1) is 77.4 Å². The number of aryl methyl sites for hydroxylation is 4. The fraction of sp³-hybridized carbons (Fsp3) is 0.415. The zero-order valence-electron chi connectivity index (χ0n) is 51.9. The molecule has 0 fully saturated rings. The van der Waals surface area contributed by atoms with Gasteiger partial charge in [0.2, 0.25) is 46.8 Å². The minimum absolute atomic E-state index is 0.0101. The van der Waals surface area contributed by atoms with Crippen molar-refractivity contribution in [2.45, 2.75) is 85.5 Å². The Hall–Kier alpha value is -12.3. The number of nitrogens with one attached hydrogen (secondary N) is 4. The first-order valence-corrected chi connectivity index (χ1v) is 25.3. The van der Waals surface area contributed by atoms with Crippen molar-refractivity contribution in [3.05, 3.63) is 114 Å². The molecule has 44 nitrogen and oxygen atoms in total. The van der Waals surface area contributed by atoms with Gasteiger partial charge < -0.3 is 18.9 Å². The Morgan fingerprint density at radius 2 is 0.733 bits per heavy atom. The molecular formula is C41H49F5N36O8. The molecule has 0 spiro atoms. The van der Waals surface area contributed by atoms with Gasteiger partial charge in [0.15, 0.2) is 5.65 Å². The molecular weight excluding hydrogens is 1220 g/mol. The van der Waals surface area contributed by atoms with Crippen LogP contribution in [0.2, 0.25) is 5.65 Å². The van der Waals surface area contributed by atoms with Gasteiger partial charge in [-0.1, -0.05) is 20.9 Å². The Bertz CT molecular complexity index is 4490. The summed E-state index contributed by atoms with van der Waals surface area (Å²) in [6.07, 6.45) is 0.531. The first-order valence-electron chi connectivity index (χ1n) is 27.1. The Kier molecular flexibility index (Phi) is 16.5. The summed E-state index contributed by atoms with van der Waals surface area (Å²) < 4.78 is 126. The monoisotopic (exact) mass is 1280 g/mol. The summed E-state index contributed by atoms with van der Waals surface area (Å²) in [7, 11) is 5.62. The van der Waals surface area contributed by atoms with Gasteiger partial charge in [0.25, 0.3) is 0 Å². The molecule has 0 unspecified atom stereocenters. The van der Waals surface area contributed by atoms with E-state index in [1.165, 1.54) is 65.1 Å². The van der Waals surface area contributed by atoms with Gasteiger partial charge in [-0.3, -0.25) is 20.4 Å².